The molecule has 2 aromatic heterocycles. The lowest BCUT2D eigenvalue weighted by Crippen LogP contribution is -2.36. The molecule has 0 aliphatic carbocycles. The number of hydrogen-bond acceptors (Lipinski definition) is 18. The van der Waals surface area contributed by atoms with E-state index in [-0.39, 0.29) is 53.2 Å². The summed E-state index contributed by atoms with van der Waals surface area (Å²) < 4.78 is 60.3. The van der Waals surface area contributed by atoms with Gasteiger partial charge in [0, 0.05) is 36.2 Å². The van der Waals surface area contributed by atoms with Crippen LogP contribution in [0.25, 0.3) is 11.2 Å². The summed E-state index contributed by atoms with van der Waals surface area (Å²) in [5.41, 5.74) is 5.69. The van der Waals surface area contributed by atoms with Gasteiger partial charge in [-0.2, -0.15) is 13.6 Å². The van der Waals surface area contributed by atoms with Crippen molar-refractivity contribution in [2.45, 2.75) is 62.7 Å². The minimum absolute atomic E-state index is 0.0172. The summed E-state index contributed by atoms with van der Waals surface area (Å²) in [5, 5.41) is 24.0. The Morgan fingerprint density at radius 2 is 1.79 bits per heavy atom. The Hall–Kier alpha value is -2.68. The molecule has 0 spiro atoms. The molecule has 0 radical (unpaired) electrons. The van der Waals surface area contributed by atoms with E-state index < -0.39 is 65.9 Å². The van der Waals surface area contributed by atoms with Crippen LogP contribution < -0.4 is 27.4 Å². The molecule has 1 aromatic carbocycles. The maximum absolute atomic E-state index is 12.5. The second-order valence-corrected chi connectivity index (χ2v) is 20.2. The smallest absolute Gasteiger partial charge is 0.423 e. The molecule has 11 N–H and O–H groups in total. The van der Waals surface area contributed by atoms with E-state index in [1.807, 2.05) is 13.8 Å². The molecule has 1 saturated heterocycles. The van der Waals surface area contributed by atoms with E-state index in [1.165, 1.54) is 56.7 Å². The third-order valence-electron chi connectivity index (χ3n) is 7.67. The number of nitrogen functional groups attached to an aromatic ring is 1. The molecule has 316 valence electrons. The monoisotopic (exact) mass is 903 g/mol. The van der Waals surface area contributed by atoms with Crippen LogP contribution in [-0.2, 0) is 41.1 Å². The summed E-state index contributed by atoms with van der Waals surface area (Å²) in [6.45, 7) is 3.60. The molecule has 57 heavy (non-hydrogen) atoms. The maximum atomic E-state index is 12.5. The van der Waals surface area contributed by atoms with Crippen molar-refractivity contribution in [3.8, 4) is 0 Å². The van der Waals surface area contributed by atoms with Gasteiger partial charge < -0.3 is 55.5 Å². The predicted molar refractivity (Wildman–Crippen MR) is 205 cm³/mol. The lowest BCUT2D eigenvalue weighted by atomic mass is 9.80. The predicted octanol–water partition coefficient (Wildman–Crippen LogP) is 0.232. The van der Waals surface area contributed by atoms with Crippen LogP contribution in [0.15, 0.2) is 35.4 Å². The van der Waals surface area contributed by atoms with Gasteiger partial charge in [0.15, 0.2) is 11.2 Å². The molecule has 4 rings (SSSR count). The molecular formula is C27H41BN7O17P3S2. The zero-order valence-corrected chi connectivity index (χ0v) is 34.4. The summed E-state index contributed by atoms with van der Waals surface area (Å²) in [6.07, 6.45) is -0.412. The van der Waals surface area contributed by atoms with Crippen LogP contribution in [0.3, 0.4) is 0 Å². The van der Waals surface area contributed by atoms with Gasteiger partial charge in [-0.15, -0.1) is 0 Å². The first-order valence-electron chi connectivity index (χ1n) is 16.6. The highest BCUT2D eigenvalue weighted by Crippen LogP contribution is 2.66. The zero-order valence-electron chi connectivity index (χ0n) is 30.1. The van der Waals surface area contributed by atoms with Gasteiger partial charge in [0.2, 0.25) is 11.9 Å². The number of nitrogens with two attached hydrogens (primary N) is 1. The lowest BCUT2D eigenvalue weighted by molar-refractivity contribution is -0.121. The summed E-state index contributed by atoms with van der Waals surface area (Å²) in [4.78, 5) is 84.5. The number of H-pyrrole nitrogens is 1. The number of anilines is 1. The Balaban J connectivity index is 1.25. The number of amides is 2. The number of aromatic nitrogens is 4. The third-order valence-corrected chi connectivity index (χ3v) is 14.4. The summed E-state index contributed by atoms with van der Waals surface area (Å²) in [5.74, 6) is -0.703. The van der Waals surface area contributed by atoms with Gasteiger partial charge in [0.25, 0.3) is 11.5 Å². The molecule has 24 nitrogen and oxygen atoms in total. The first-order valence-corrected chi connectivity index (χ1v) is 23.5. The Bertz CT molecular complexity index is 2070. The number of rotatable bonds is 22. The summed E-state index contributed by atoms with van der Waals surface area (Å²) >= 11 is 0. The Labute approximate surface area is 332 Å². The minimum Gasteiger partial charge on any atom is -0.423 e. The fourth-order valence-electron chi connectivity index (χ4n) is 5.07. The topological polar surface area (TPSA) is 367 Å². The number of hydrogen-bond donors (Lipinski definition) is 10. The molecule has 1 aliphatic heterocycles. The second-order valence-electron chi connectivity index (χ2n) is 12.8. The fourth-order valence-corrected chi connectivity index (χ4v) is 10.3. The first-order chi connectivity index (χ1) is 26.5. The van der Waals surface area contributed by atoms with Crippen LogP contribution in [0, 0.1) is 0 Å². The SMILES string of the molecule is CC(C)(CNC(=O)CCCCNC(=O)c1ccc(B(O)O)cc1)SSCOC1C[C@H](n2cnc3c(=O)[nH]c(N)nc32)O[C@@H]1COP(=O)(O)OP(=O)(O)OP(=O)(O)O. The highest BCUT2D eigenvalue weighted by Gasteiger charge is 2.44. The van der Waals surface area contributed by atoms with Gasteiger partial charge in [-0.25, -0.2) is 18.7 Å². The van der Waals surface area contributed by atoms with Gasteiger partial charge in [-0.1, -0.05) is 33.7 Å². The molecule has 3 aromatic rings. The number of phosphoric acid groups is 3. The highest BCUT2D eigenvalue weighted by molar-refractivity contribution is 8.77. The number of benzene rings is 1. The van der Waals surface area contributed by atoms with E-state index in [4.69, 9.17) is 39.6 Å². The number of phosphoric ester groups is 1. The average molecular weight is 904 g/mol. The van der Waals surface area contributed by atoms with Crippen molar-refractivity contribution in [1.29, 1.82) is 0 Å². The molecule has 0 saturated carbocycles. The van der Waals surface area contributed by atoms with Crippen molar-refractivity contribution in [3.05, 3.63) is 46.5 Å². The third kappa shape index (κ3) is 15.1. The van der Waals surface area contributed by atoms with Crippen molar-refractivity contribution >= 4 is 86.6 Å². The Kier molecular flexibility index (Phi) is 16.5. The van der Waals surface area contributed by atoms with Crippen LogP contribution in [0.2, 0.25) is 0 Å². The highest BCUT2D eigenvalue weighted by atomic mass is 33.1. The number of aromatic amines is 1. The Morgan fingerprint density at radius 1 is 1.09 bits per heavy atom. The fraction of sp³-hybridized carbons (Fsp3) is 0.519. The van der Waals surface area contributed by atoms with Gasteiger partial charge >= 0.3 is 30.6 Å². The number of unbranched alkanes of at least 4 members (excludes halogenated alkanes) is 1. The van der Waals surface area contributed by atoms with Crippen LogP contribution in [0.4, 0.5) is 5.95 Å². The maximum Gasteiger partial charge on any atom is 0.490 e. The van der Waals surface area contributed by atoms with E-state index in [0.717, 1.165) is 0 Å². The molecule has 1 fully saturated rings. The second kappa shape index (κ2) is 20.1. The van der Waals surface area contributed by atoms with E-state index in [0.29, 0.717) is 31.5 Å². The van der Waals surface area contributed by atoms with E-state index in [2.05, 4.69) is 34.2 Å². The minimum atomic E-state index is -5.77. The van der Waals surface area contributed by atoms with Crippen LogP contribution in [0.5, 0.6) is 0 Å². The molecule has 1 aliphatic rings. The molecular weight excluding hydrogens is 862 g/mol. The number of nitrogens with zero attached hydrogens (tertiary/aromatic N) is 3. The van der Waals surface area contributed by atoms with E-state index in [9.17, 15) is 37.9 Å². The van der Waals surface area contributed by atoms with Crippen molar-refractivity contribution in [2.75, 3.05) is 31.4 Å². The number of imidazole rings is 1. The van der Waals surface area contributed by atoms with Crippen LogP contribution >= 0.6 is 45.1 Å². The number of carbonyl (C=O) groups excluding carboxylic acids is 2. The molecule has 3 unspecified atom stereocenters. The largest absolute Gasteiger partial charge is 0.490 e. The molecule has 30 heteroatoms. The van der Waals surface area contributed by atoms with E-state index in [1.54, 1.807) is 0 Å². The normalized spacial score (nSPS) is 19.5. The number of ether oxygens (including phenoxy) is 2. The average Bonchev–Trinajstić information content (AvgIpc) is 3.70. The van der Waals surface area contributed by atoms with Crippen LogP contribution in [0.1, 0.15) is 56.1 Å². The number of carbonyl (C=O) groups is 2. The van der Waals surface area contributed by atoms with Crippen molar-refractivity contribution in [1.82, 2.24) is 30.2 Å². The summed E-state index contributed by atoms with van der Waals surface area (Å²) in [7, 11) is -15.9. The molecule has 2 amide bonds. The standard InChI is InChI=1S/C27H41BN7O17P3S2/c1-27(2,13-31-20(36)5-3-4-10-30-24(37)16-6-8-17(9-7-16)28(39)40)57-56-15-48-18-11-21(35-14-32-22-23(35)33-26(29)34-25(22)38)50-19(18)12-49-54(44,45)52-55(46,47)51-53(41,42)43/h6-9,14,18-19,21,39-40H,3-5,10-13,15H2,1-2H3,(H,30,37)(H,31,36)(H,44,45)(H,46,47)(H2,41,42,43)(H3,29,33,34,38)/t18?,19-,21-/m1/s1. The number of nitrogens with one attached hydrogen (secondary N) is 3. The van der Waals surface area contributed by atoms with Gasteiger partial charge in [0.1, 0.15) is 18.3 Å². The van der Waals surface area contributed by atoms with Crippen molar-refractivity contribution < 1.29 is 75.5 Å². The van der Waals surface area contributed by atoms with Gasteiger partial charge in [-0.05, 0) is 44.3 Å². The molecule has 0 bridgehead atoms. The van der Waals surface area contributed by atoms with Crippen molar-refractivity contribution in [2.24, 2.45) is 0 Å². The molecule has 5 atom stereocenters. The summed E-state index contributed by atoms with van der Waals surface area (Å²) in [6, 6.07) is 5.83. The lowest BCUT2D eigenvalue weighted by Gasteiger charge is -2.24. The van der Waals surface area contributed by atoms with Crippen LogP contribution in [-0.4, -0.2) is 111 Å². The Morgan fingerprint density at radius 3 is 2.46 bits per heavy atom. The number of fused-ring (bicyclic) bond motifs is 1. The zero-order chi connectivity index (χ0) is 42.2. The van der Waals surface area contributed by atoms with Gasteiger partial charge in [-0.3, -0.25) is 28.5 Å². The van der Waals surface area contributed by atoms with E-state index >= 15 is 0 Å². The van der Waals surface area contributed by atoms with Gasteiger partial charge in [0.05, 0.1) is 19.0 Å². The molecule has 3 heterocycles. The first kappa shape index (κ1) is 47.0. The quantitative estimate of drug-likeness (QED) is 0.0212. The van der Waals surface area contributed by atoms with Crippen molar-refractivity contribution in [3.63, 3.8) is 0 Å².